The number of hydrogen-bond donors (Lipinski definition) is 0. The van der Waals surface area contributed by atoms with Crippen LogP contribution in [0.5, 0.6) is 0 Å². The lowest BCUT2D eigenvalue weighted by atomic mass is 10.2. The molecule has 0 aliphatic carbocycles. The fraction of sp³-hybridized carbons (Fsp3) is 0.308. The van der Waals surface area contributed by atoms with Gasteiger partial charge in [-0.15, -0.1) is 0 Å². The Labute approximate surface area is 180 Å². The average molecular weight is 409 g/mol. The smallest absolute Gasteiger partial charge is 0.306 e. The van der Waals surface area contributed by atoms with Gasteiger partial charge in [-0.3, -0.25) is 9.59 Å². The zero-order chi connectivity index (χ0) is 21.9. The first-order chi connectivity index (χ1) is 14.7. The summed E-state index contributed by atoms with van der Waals surface area (Å²) in [5.41, 5.74) is 2.23. The van der Waals surface area contributed by atoms with Gasteiger partial charge in [-0.1, -0.05) is 86.7 Å². The summed E-state index contributed by atoms with van der Waals surface area (Å²) in [4.78, 5) is 22.0. The summed E-state index contributed by atoms with van der Waals surface area (Å²) in [5.74, 6) is -0.259. The van der Waals surface area contributed by atoms with Gasteiger partial charge in [0.05, 0.1) is 0 Å². The summed E-state index contributed by atoms with van der Waals surface area (Å²) in [7, 11) is 0. The van der Waals surface area contributed by atoms with Crippen molar-refractivity contribution in [3.8, 4) is 0 Å². The zero-order valence-corrected chi connectivity index (χ0v) is 18.0. The minimum atomic E-state index is -0.129. The standard InChI is InChI=1S/2C13H16O2/c2*1-2-7-13(14)15-11-6-10-12-8-4-3-5-9-12/h2*3-6,8-10H,2,7,11H2,1H3/b10-6+;. The maximum Gasteiger partial charge on any atom is 0.306 e. The summed E-state index contributed by atoms with van der Waals surface area (Å²) in [6.07, 6.45) is 10.3. The third-order valence-corrected chi connectivity index (χ3v) is 3.81. The van der Waals surface area contributed by atoms with Crippen LogP contribution in [0.25, 0.3) is 12.2 Å². The van der Waals surface area contributed by atoms with Crippen LogP contribution in [0, 0.1) is 0 Å². The van der Waals surface area contributed by atoms with E-state index in [-0.39, 0.29) is 11.9 Å². The molecule has 0 radical (unpaired) electrons. The Morgan fingerprint density at radius 3 is 1.37 bits per heavy atom. The largest absolute Gasteiger partial charge is 0.461 e. The molecule has 0 saturated heterocycles. The van der Waals surface area contributed by atoms with E-state index in [0.29, 0.717) is 26.1 Å². The van der Waals surface area contributed by atoms with Crippen LogP contribution in [0.2, 0.25) is 0 Å². The number of esters is 2. The van der Waals surface area contributed by atoms with E-state index >= 15 is 0 Å². The van der Waals surface area contributed by atoms with Crippen LogP contribution in [0.4, 0.5) is 0 Å². The van der Waals surface area contributed by atoms with Crippen LogP contribution in [0.1, 0.15) is 50.7 Å². The Morgan fingerprint density at radius 1 is 0.667 bits per heavy atom. The van der Waals surface area contributed by atoms with E-state index in [1.165, 1.54) is 0 Å². The van der Waals surface area contributed by atoms with Crippen molar-refractivity contribution in [1.29, 1.82) is 0 Å². The molecular weight excluding hydrogens is 376 g/mol. The van der Waals surface area contributed by atoms with Crippen molar-refractivity contribution >= 4 is 24.1 Å². The number of carbonyl (C=O) groups excluding carboxylic acids is 2. The Bertz CT molecular complexity index is 697. The topological polar surface area (TPSA) is 52.6 Å². The molecule has 4 heteroatoms. The number of ether oxygens (including phenoxy) is 2. The highest BCUT2D eigenvalue weighted by atomic mass is 16.5. The van der Waals surface area contributed by atoms with Crippen molar-refractivity contribution in [2.75, 3.05) is 13.2 Å². The lowest BCUT2D eigenvalue weighted by molar-refractivity contribution is -0.143. The molecule has 0 N–H and O–H groups in total. The second-order valence-corrected chi connectivity index (χ2v) is 6.49. The van der Waals surface area contributed by atoms with E-state index in [1.54, 1.807) is 0 Å². The lowest BCUT2D eigenvalue weighted by Crippen LogP contribution is -2.02. The van der Waals surface area contributed by atoms with E-state index < -0.39 is 0 Å². The summed E-state index contributed by atoms with van der Waals surface area (Å²) >= 11 is 0. The van der Waals surface area contributed by atoms with Crippen LogP contribution in [0.3, 0.4) is 0 Å². The van der Waals surface area contributed by atoms with Gasteiger partial charge in [-0.25, -0.2) is 0 Å². The highest BCUT2D eigenvalue weighted by Crippen LogP contribution is 2.02. The molecule has 4 nitrogen and oxygen atoms in total. The predicted octanol–water partition coefficient (Wildman–Crippen LogP) is 6.09. The highest BCUT2D eigenvalue weighted by molar-refractivity contribution is 5.69. The summed E-state index contributed by atoms with van der Waals surface area (Å²) in [6.45, 7) is 4.63. The number of hydrogen-bond acceptors (Lipinski definition) is 4. The molecule has 30 heavy (non-hydrogen) atoms. The van der Waals surface area contributed by atoms with Gasteiger partial charge in [0.1, 0.15) is 13.2 Å². The van der Waals surface area contributed by atoms with E-state index in [1.807, 2.05) is 98.8 Å². The third kappa shape index (κ3) is 13.1. The zero-order valence-electron chi connectivity index (χ0n) is 18.0. The van der Waals surface area contributed by atoms with Crippen LogP contribution in [-0.4, -0.2) is 25.2 Å². The summed E-state index contributed by atoms with van der Waals surface area (Å²) in [5, 5.41) is 0. The van der Waals surface area contributed by atoms with Crippen LogP contribution in [-0.2, 0) is 19.1 Å². The number of benzene rings is 2. The van der Waals surface area contributed by atoms with E-state index in [0.717, 1.165) is 24.0 Å². The van der Waals surface area contributed by atoms with Crippen molar-refractivity contribution in [2.45, 2.75) is 39.5 Å². The lowest BCUT2D eigenvalue weighted by Gasteiger charge is -1.98. The maximum absolute atomic E-state index is 11.0. The minimum absolute atomic E-state index is 0.129. The van der Waals surface area contributed by atoms with Gasteiger partial charge in [-0.2, -0.15) is 0 Å². The summed E-state index contributed by atoms with van der Waals surface area (Å²) < 4.78 is 9.96. The second-order valence-electron chi connectivity index (χ2n) is 6.49. The Kier molecular flexibility index (Phi) is 13.9. The first-order valence-electron chi connectivity index (χ1n) is 10.4. The molecule has 160 valence electrons. The van der Waals surface area contributed by atoms with Crippen LogP contribution >= 0.6 is 0 Å². The first-order valence-corrected chi connectivity index (χ1v) is 10.4. The second kappa shape index (κ2) is 16.8. The van der Waals surface area contributed by atoms with E-state index in [9.17, 15) is 9.59 Å². The Morgan fingerprint density at radius 2 is 1.03 bits per heavy atom. The molecule has 0 aliphatic heterocycles. The molecule has 2 aromatic carbocycles. The molecule has 2 rings (SSSR count). The molecule has 2 aromatic rings. The van der Waals surface area contributed by atoms with Crippen molar-refractivity contribution in [1.82, 2.24) is 0 Å². The molecule has 0 spiro atoms. The quantitative estimate of drug-likeness (QED) is 0.447. The SMILES string of the molecule is CCCC(=O)OC/C=C/c1ccccc1.CCCC(=O)OCC=Cc1ccccc1. The number of carbonyl (C=O) groups is 2. The van der Waals surface area contributed by atoms with Gasteiger partial charge in [-0.05, 0) is 36.1 Å². The maximum atomic E-state index is 11.0. The molecule has 0 aliphatic rings. The predicted molar refractivity (Wildman–Crippen MR) is 123 cm³/mol. The molecule has 0 atom stereocenters. The fourth-order valence-corrected chi connectivity index (χ4v) is 2.33. The molecular formula is C26H32O4. The minimum Gasteiger partial charge on any atom is -0.461 e. The van der Waals surface area contributed by atoms with Crippen molar-refractivity contribution in [2.24, 2.45) is 0 Å². The van der Waals surface area contributed by atoms with Gasteiger partial charge in [0.15, 0.2) is 0 Å². The average Bonchev–Trinajstić information content (AvgIpc) is 2.77. The van der Waals surface area contributed by atoms with E-state index in [4.69, 9.17) is 9.47 Å². The molecule has 0 amide bonds. The van der Waals surface area contributed by atoms with Gasteiger partial charge < -0.3 is 9.47 Å². The molecule has 0 heterocycles. The molecule has 0 bridgehead atoms. The van der Waals surface area contributed by atoms with Gasteiger partial charge in [0, 0.05) is 12.8 Å². The number of rotatable bonds is 10. The van der Waals surface area contributed by atoms with Crippen molar-refractivity contribution in [3.63, 3.8) is 0 Å². The summed E-state index contributed by atoms with van der Waals surface area (Å²) in [6, 6.07) is 19.9. The fourth-order valence-electron chi connectivity index (χ4n) is 2.33. The van der Waals surface area contributed by atoms with Gasteiger partial charge >= 0.3 is 11.9 Å². The van der Waals surface area contributed by atoms with Crippen molar-refractivity contribution in [3.05, 3.63) is 83.9 Å². The molecule has 0 unspecified atom stereocenters. The molecule has 0 aromatic heterocycles. The Hall–Kier alpha value is -3.14. The molecule has 0 fully saturated rings. The monoisotopic (exact) mass is 408 g/mol. The van der Waals surface area contributed by atoms with E-state index in [2.05, 4.69) is 0 Å². The molecule has 0 saturated carbocycles. The van der Waals surface area contributed by atoms with Crippen molar-refractivity contribution < 1.29 is 19.1 Å². The normalized spacial score (nSPS) is 10.5. The first kappa shape index (κ1) is 24.9. The van der Waals surface area contributed by atoms with Crippen LogP contribution < -0.4 is 0 Å². The van der Waals surface area contributed by atoms with Crippen LogP contribution in [0.15, 0.2) is 72.8 Å². The van der Waals surface area contributed by atoms with Gasteiger partial charge in [0.25, 0.3) is 0 Å². The highest BCUT2D eigenvalue weighted by Gasteiger charge is 1.97. The van der Waals surface area contributed by atoms with Gasteiger partial charge in [0.2, 0.25) is 0 Å². The Balaban J connectivity index is 0.000000300. The third-order valence-electron chi connectivity index (χ3n) is 3.81.